The zero-order valence-electron chi connectivity index (χ0n) is 13.7. The molecule has 1 aromatic carbocycles. The lowest BCUT2D eigenvalue weighted by Gasteiger charge is -2.34. The number of fused-ring (bicyclic) bond motifs is 1. The first-order chi connectivity index (χ1) is 11.5. The Labute approximate surface area is 139 Å². The minimum absolute atomic E-state index is 0.255. The number of H-pyrrole nitrogens is 1. The third kappa shape index (κ3) is 2.75. The van der Waals surface area contributed by atoms with Gasteiger partial charge in [0.25, 0.3) is 0 Å². The molecule has 2 aromatic rings. The smallest absolute Gasteiger partial charge is 0.407 e. The highest BCUT2D eigenvalue weighted by atomic mass is 16.5. The van der Waals surface area contributed by atoms with Crippen LogP contribution in [0.4, 0.5) is 4.79 Å². The van der Waals surface area contributed by atoms with Crippen molar-refractivity contribution in [1.29, 1.82) is 0 Å². The molecular formula is C18H20N2O4. The Kier molecular flexibility index (Phi) is 4.29. The number of rotatable bonds is 3. The maximum Gasteiger partial charge on any atom is 0.407 e. The highest BCUT2D eigenvalue weighted by Crippen LogP contribution is 2.33. The fourth-order valence-electron chi connectivity index (χ4n) is 3.27. The fraction of sp³-hybridized carbons (Fsp3) is 0.333. The number of nitrogens with zero attached hydrogens (tertiary/aromatic N) is 1. The third-order valence-electron chi connectivity index (χ3n) is 4.46. The molecule has 0 spiro atoms. The summed E-state index contributed by atoms with van der Waals surface area (Å²) in [6, 6.07) is 7.39. The Morgan fingerprint density at radius 1 is 1.38 bits per heavy atom. The van der Waals surface area contributed by atoms with Crippen LogP contribution in [0.2, 0.25) is 0 Å². The number of nitrogens with one attached hydrogen (secondary N) is 1. The van der Waals surface area contributed by atoms with Crippen LogP contribution in [0.1, 0.15) is 25.8 Å². The molecule has 2 heterocycles. The number of carboxylic acid groups (broad SMARTS) is 1. The van der Waals surface area contributed by atoms with Crippen LogP contribution in [-0.4, -0.2) is 46.2 Å². The first-order valence-electron chi connectivity index (χ1n) is 8.00. The predicted octanol–water partition coefficient (Wildman–Crippen LogP) is 3.26. The summed E-state index contributed by atoms with van der Waals surface area (Å²) in [5.41, 5.74) is 3.19. The highest BCUT2D eigenvalue weighted by Gasteiger charge is 2.34. The van der Waals surface area contributed by atoms with Gasteiger partial charge in [0.15, 0.2) is 0 Å². The first-order valence-corrected chi connectivity index (χ1v) is 8.00. The normalized spacial score (nSPS) is 18.1. The minimum Gasteiger partial charge on any atom is -0.465 e. The van der Waals surface area contributed by atoms with Gasteiger partial charge in [0.1, 0.15) is 0 Å². The summed E-state index contributed by atoms with van der Waals surface area (Å²) in [5.74, 6) is -0.447. The molecule has 1 aliphatic rings. The van der Waals surface area contributed by atoms with E-state index in [0.29, 0.717) is 18.5 Å². The fourth-order valence-corrected chi connectivity index (χ4v) is 3.27. The predicted molar refractivity (Wildman–Crippen MR) is 90.7 cm³/mol. The average molecular weight is 328 g/mol. The third-order valence-corrected chi connectivity index (χ3v) is 4.46. The molecule has 1 atom stereocenters. The SMILES string of the molecule is CCOC(=O)C1=C(c2ccc3cc[nH]c3c2)CCN(C(=O)O)C1C. The molecule has 1 unspecified atom stereocenters. The van der Waals surface area contributed by atoms with Gasteiger partial charge < -0.3 is 19.7 Å². The molecule has 0 aliphatic carbocycles. The van der Waals surface area contributed by atoms with Crippen molar-refractivity contribution >= 4 is 28.5 Å². The molecule has 6 heteroatoms. The maximum atomic E-state index is 12.5. The number of amides is 1. The van der Waals surface area contributed by atoms with Crippen molar-refractivity contribution in [1.82, 2.24) is 9.88 Å². The van der Waals surface area contributed by atoms with Crippen molar-refractivity contribution in [3.05, 3.63) is 41.6 Å². The van der Waals surface area contributed by atoms with Crippen LogP contribution >= 0.6 is 0 Å². The molecule has 24 heavy (non-hydrogen) atoms. The molecule has 0 saturated carbocycles. The number of esters is 1. The molecule has 6 nitrogen and oxygen atoms in total. The van der Waals surface area contributed by atoms with Gasteiger partial charge in [-0.25, -0.2) is 9.59 Å². The van der Waals surface area contributed by atoms with Gasteiger partial charge in [-0.1, -0.05) is 12.1 Å². The van der Waals surface area contributed by atoms with Gasteiger partial charge in [-0.05, 0) is 48.9 Å². The number of carbonyl (C=O) groups is 2. The number of benzene rings is 1. The lowest BCUT2D eigenvalue weighted by molar-refractivity contribution is -0.139. The van der Waals surface area contributed by atoms with Crippen LogP contribution in [0.25, 0.3) is 16.5 Å². The second kappa shape index (κ2) is 6.39. The van der Waals surface area contributed by atoms with Crippen molar-refractivity contribution in [2.75, 3.05) is 13.2 Å². The molecule has 0 radical (unpaired) electrons. The Morgan fingerprint density at radius 3 is 2.88 bits per heavy atom. The topological polar surface area (TPSA) is 82.6 Å². The highest BCUT2D eigenvalue weighted by molar-refractivity contribution is 6.01. The maximum absolute atomic E-state index is 12.5. The number of aromatic nitrogens is 1. The van der Waals surface area contributed by atoms with E-state index in [4.69, 9.17) is 4.74 Å². The molecule has 0 bridgehead atoms. The largest absolute Gasteiger partial charge is 0.465 e. The Bertz CT molecular complexity index is 821. The second-order valence-corrected chi connectivity index (χ2v) is 5.79. The van der Waals surface area contributed by atoms with Crippen LogP contribution < -0.4 is 0 Å². The van der Waals surface area contributed by atoms with E-state index in [0.717, 1.165) is 22.0 Å². The summed E-state index contributed by atoms with van der Waals surface area (Å²) < 4.78 is 5.18. The molecule has 1 amide bonds. The number of hydrogen-bond acceptors (Lipinski definition) is 3. The van der Waals surface area contributed by atoms with Gasteiger partial charge in [-0.2, -0.15) is 0 Å². The lowest BCUT2D eigenvalue weighted by Crippen LogP contribution is -2.44. The summed E-state index contributed by atoms with van der Waals surface area (Å²) >= 11 is 0. The van der Waals surface area contributed by atoms with E-state index in [1.54, 1.807) is 13.8 Å². The van der Waals surface area contributed by atoms with Gasteiger partial charge in [0.05, 0.1) is 18.2 Å². The van der Waals surface area contributed by atoms with Crippen LogP contribution in [0, 0.1) is 0 Å². The molecule has 0 saturated heterocycles. The van der Waals surface area contributed by atoms with Crippen molar-refractivity contribution < 1.29 is 19.4 Å². The van der Waals surface area contributed by atoms with Crippen LogP contribution in [-0.2, 0) is 9.53 Å². The van der Waals surface area contributed by atoms with E-state index in [9.17, 15) is 14.7 Å². The lowest BCUT2D eigenvalue weighted by atomic mass is 9.88. The van der Waals surface area contributed by atoms with Crippen molar-refractivity contribution in [2.45, 2.75) is 26.3 Å². The molecule has 126 valence electrons. The molecule has 3 rings (SSSR count). The molecular weight excluding hydrogens is 308 g/mol. The zero-order chi connectivity index (χ0) is 17.3. The van der Waals surface area contributed by atoms with E-state index >= 15 is 0 Å². The molecule has 1 aromatic heterocycles. The average Bonchev–Trinajstić information content (AvgIpc) is 3.01. The van der Waals surface area contributed by atoms with Crippen LogP contribution in [0.3, 0.4) is 0 Å². The summed E-state index contributed by atoms with van der Waals surface area (Å²) in [4.78, 5) is 28.3. The van der Waals surface area contributed by atoms with E-state index in [2.05, 4.69) is 4.98 Å². The Balaban J connectivity index is 2.11. The van der Waals surface area contributed by atoms with Crippen LogP contribution in [0.15, 0.2) is 36.0 Å². The minimum atomic E-state index is -1.02. The number of aromatic amines is 1. The summed E-state index contributed by atoms with van der Waals surface area (Å²) in [6.07, 6.45) is 1.32. The van der Waals surface area contributed by atoms with E-state index < -0.39 is 18.1 Å². The van der Waals surface area contributed by atoms with Gasteiger partial charge in [0.2, 0.25) is 0 Å². The summed E-state index contributed by atoms with van der Waals surface area (Å²) in [6.45, 7) is 4.08. The Hall–Kier alpha value is -2.76. The van der Waals surface area contributed by atoms with Crippen molar-refractivity contribution in [3.8, 4) is 0 Å². The van der Waals surface area contributed by atoms with Crippen LogP contribution in [0.5, 0.6) is 0 Å². The monoisotopic (exact) mass is 328 g/mol. The van der Waals surface area contributed by atoms with Crippen molar-refractivity contribution in [3.63, 3.8) is 0 Å². The Morgan fingerprint density at radius 2 is 2.17 bits per heavy atom. The standard InChI is InChI=1S/C18H20N2O4/c1-3-24-17(21)16-11(2)20(18(22)23)9-7-14(16)13-5-4-12-6-8-19-15(12)10-13/h4-6,8,10-11,19H,3,7,9H2,1-2H3,(H,22,23). The summed E-state index contributed by atoms with van der Waals surface area (Å²) in [5, 5.41) is 10.4. The quantitative estimate of drug-likeness (QED) is 0.847. The van der Waals surface area contributed by atoms with Gasteiger partial charge >= 0.3 is 12.1 Å². The first kappa shape index (κ1) is 16.1. The number of ether oxygens (including phenoxy) is 1. The van der Waals surface area contributed by atoms with Crippen molar-refractivity contribution in [2.24, 2.45) is 0 Å². The number of carbonyl (C=O) groups excluding carboxylic acids is 1. The van der Waals surface area contributed by atoms with Gasteiger partial charge in [-0.15, -0.1) is 0 Å². The van der Waals surface area contributed by atoms with E-state index in [1.807, 2.05) is 30.5 Å². The number of hydrogen-bond donors (Lipinski definition) is 2. The molecule has 2 N–H and O–H groups in total. The zero-order valence-corrected chi connectivity index (χ0v) is 13.7. The second-order valence-electron chi connectivity index (χ2n) is 5.79. The van der Waals surface area contributed by atoms with E-state index in [-0.39, 0.29) is 6.61 Å². The van der Waals surface area contributed by atoms with E-state index in [1.165, 1.54) is 4.90 Å². The van der Waals surface area contributed by atoms with Gasteiger partial charge in [-0.3, -0.25) is 0 Å². The summed E-state index contributed by atoms with van der Waals surface area (Å²) in [7, 11) is 0. The van der Waals surface area contributed by atoms with Gasteiger partial charge in [0, 0.05) is 18.3 Å². The molecule has 1 aliphatic heterocycles. The molecule has 0 fully saturated rings.